The Morgan fingerprint density at radius 3 is 2.63 bits per heavy atom. The van der Waals surface area contributed by atoms with Crippen molar-refractivity contribution < 1.29 is 0 Å². The Morgan fingerprint density at radius 1 is 1.21 bits per heavy atom. The van der Waals surface area contributed by atoms with Gasteiger partial charge in [0.2, 0.25) is 0 Å². The molecule has 0 unspecified atom stereocenters. The number of thiophene rings is 1. The monoisotopic (exact) mass is 274 g/mol. The summed E-state index contributed by atoms with van der Waals surface area (Å²) in [6.07, 6.45) is 0. The third-order valence-corrected chi connectivity index (χ3v) is 4.32. The van der Waals surface area contributed by atoms with Crippen LogP contribution in [0.25, 0.3) is 0 Å². The van der Waals surface area contributed by atoms with E-state index in [-0.39, 0.29) is 0 Å². The largest absolute Gasteiger partial charge is 0.370 e. The van der Waals surface area contributed by atoms with Gasteiger partial charge in [-0.15, -0.1) is 11.3 Å². The maximum absolute atomic E-state index is 3.39. The molecule has 1 heterocycles. The Hall–Kier alpha value is -1.32. The fourth-order valence-electron chi connectivity index (χ4n) is 2.11. The van der Waals surface area contributed by atoms with Crippen molar-refractivity contribution in [3.63, 3.8) is 0 Å². The third-order valence-electron chi connectivity index (χ3n) is 3.23. The maximum atomic E-state index is 3.39. The quantitative estimate of drug-likeness (QED) is 0.862. The van der Waals surface area contributed by atoms with Crippen molar-refractivity contribution in [1.82, 2.24) is 5.32 Å². The summed E-state index contributed by atoms with van der Waals surface area (Å²) in [4.78, 5) is 5.15. The van der Waals surface area contributed by atoms with Crippen LogP contribution in [-0.4, -0.2) is 13.6 Å². The first-order valence-electron chi connectivity index (χ1n) is 6.75. The van der Waals surface area contributed by atoms with E-state index in [0.717, 1.165) is 19.6 Å². The van der Waals surface area contributed by atoms with Gasteiger partial charge in [-0.1, -0.05) is 25.1 Å². The molecule has 0 atom stereocenters. The molecule has 3 heteroatoms. The number of para-hydroxylation sites is 1. The summed E-state index contributed by atoms with van der Waals surface area (Å²) < 4.78 is 0. The van der Waals surface area contributed by atoms with Crippen LogP contribution in [0.1, 0.15) is 22.2 Å². The average Bonchev–Trinajstić information content (AvgIpc) is 2.78. The summed E-state index contributed by atoms with van der Waals surface area (Å²) >= 11 is 1.90. The minimum absolute atomic E-state index is 0.971. The van der Waals surface area contributed by atoms with Crippen LogP contribution in [0.3, 0.4) is 0 Å². The Labute approximate surface area is 120 Å². The molecule has 1 N–H and O–H groups in total. The van der Waals surface area contributed by atoms with Gasteiger partial charge in [-0.25, -0.2) is 0 Å². The summed E-state index contributed by atoms with van der Waals surface area (Å²) in [5.41, 5.74) is 2.70. The van der Waals surface area contributed by atoms with Crippen molar-refractivity contribution in [2.24, 2.45) is 0 Å². The van der Waals surface area contributed by atoms with E-state index in [9.17, 15) is 0 Å². The lowest BCUT2D eigenvalue weighted by molar-refractivity contribution is 0.735. The second-order valence-corrected chi connectivity index (χ2v) is 6.11. The maximum Gasteiger partial charge on any atom is 0.0437 e. The fourth-order valence-corrected chi connectivity index (χ4v) is 3.13. The van der Waals surface area contributed by atoms with Gasteiger partial charge in [0, 0.05) is 35.6 Å². The highest BCUT2D eigenvalue weighted by molar-refractivity contribution is 7.12. The van der Waals surface area contributed by atoms with Crippen molar-refractivity contribution in [2.75, 3.05) is 18.5 Å². The predicted octanol–water partition coefficient (Wildman–Crippen LogP) is 3.80. The number of nitrogens with zero attached hydrogens (tertiary/aromatic N) is 1. The first-order chi connectivity index (χ1) is 9.20. The highest BCUT2D eigenvalue weighted by atomic mass is 32.1. The molecule has 102 valence electrons. The second kappa shape index (κ2) is 6.73. The van der Waals surface area contributed by atoms with Crippen molar-refractivity contribution in [2.45, 2.75) is 26.9 Å². The van der Waals surface area contributed by atoms with Gasteiger partial charge in [0.05, 0.1) is 0 Å². The third kappa shape index (κ3) is 3.82. The topological polar surface area (TPSA) is 15.3 Å². The molecule has 0 saturated carbocycles. The van der Waals surface area contributed by atoms with Crippen LogP contribution < -0.4 is 10.2 Å². The minimum Gasteiger partial charge on any atom is -0.370 e. The Bertz CT molecular complexity index is 505. The van der Waals surface area contributed by atoms with Gasteiger partial charge in [-0.2, -0.15) is 0 Å². The van der Waals surface area contributed by atoms with Crippen molar-refractivity contribution in [3.8, 4) is 0 Å². The zero-order valence-corrected chi connectivity index (χ0v) is 12.8. The number of benzene rings is 1. The molecule has 0 radical (unpaired) electrons. The zero-order valence-electron chi connectivity index (χ0n) is 11.9. The van der Waals surface area contributed by atoms with E-state index in [0.29, 0.717) is 0 Å². The molecule has 1 aromatic heterocycles. The van der Waals surface area contributed by atoms with Crippen molar-refractivity contribution in [3.05, 3.63) is 51.7 Å². The van der Waals surface area contributed by atoms with Crippen LogP contribution in [0.5, 0.6) is 0 Å². The lowest BCUT2D eigenvalue weighted by Gasteiger charge is -2.19. The molecular formula is C16H22N2S. The Morgan fingerprint density at radius 2 is 1.95 bits per heavy atom. The molecule has 0 aliphatic carbocycles. The molecule has 2 nitrogen and oxygen atoms in total. The predicted molar refractivity (Wildman–Crippen MR) is 85.0 cm³/mol. The molecule has 2 aromatic rings. The smallest absolute Gasteiger partial charge is 0.0437 e. The molecule has 1 aromatic carbocycles. The highest BCUT2D eigenvalue weighted by Gasteiger charge is 2.08. The lowest BCUT2D eigenvalue weighted by atomic mass is 10.2. The van der Waals surface area contributed by atoms with Gasteiger partial charge in [0.1, 0.15) is 0 Å². The zero-order chi connectivity index (χ0) is 13.7. The Kier molecular flexibility index (Phi) is 5.00. The van der Waals surface area contributed by atoms with Gasteiger partial charge in [-0.3, -0.25) is 0 Å². The van der Waals surface area contributed by atoms with E-state index in [1.807, 2.05) is 11.3 Å². The fraction of sp³-hybridized carbons (Fsp3) is 0.375. The second-order valence-electron chi connectivity index (χ2n) is 4.77. The summed E-state index contributed by atoms with van der Waals surface area (Å²) in [6.45, 7) is 7.34. The molecule has 0 aliphatic heterocycles. The molecule has 19 heavy (non-hydrogen) atoms. The van der Waals surface area contributed by atoms with Gasteiger partial charge in [0.25, 0.3) is 0 Å². The molecule has 2 rings (SSSR count). The first kappa shape index (κ1) is 14.1. The van der Waals surface area contributed by atoms with Crippen LogP contribution in [0.4, 0.5) is 5.69 Å². The van der Waals surface area contributed by atoms with Crippen LogP contribution in [0, 0.1) is 6.92 Å². The summed E-state index contributed by atoms with van der Waals surface area (Å²) in [7, 11) is 2.15. The number of aryl methyl sites for hydroxylation is 1. The minimum atomic E-state index is 0.971. The molecule has 0 saturated heterocycles. The van der Waals surface area contributed by atoms with E-state index < -0.39 is 0 Å². The van der Waals surface area contributed by atoms with E-state index >= 15 is 0 Å². The molecule has 0 spiro atoms. The molecule has 0 amide bonds. The molecule has 0 fully saturated rings. The van der Waals surface area contributed by atoms with E-state index in [1.54, 1.807) is 0 Å². The van der Waals surface area contributed by atoms with Crippen LogP contribution in [0.2, 0.25) is 0 Å². The highest BCUT2D eigenvalue weighted by Crippen LogP contribution is 2.24. The summed E-state index contributed by atoms with van der Waals surface area (Å²) in [6, 6.07) is 12.9. The number of rotatable bonds is 6. The van der Waals surface area contributed by atoms with Gasteiger partial charge in [0.15, 0.2) is 0 Å². The lowest BCUT2D eigenvalue weighted by Crippen LogP contribution is -2.16. The number of hydrogen-bond acceptors (Lipinski definition) is 3. The average molecular weight is 274 g/mol. The van der Waals surface area contributed by atoms with Crippen LogP contribution in [0.15, 0.2) is 36.4 Å². The molecular weight excluding hydrogens is 252 g/mol. The van der Waals surface area contributed by atoms with Gasteiger partial charge >= 0.3 is 0 Å². The van der Waals surface area contributed by atoms with E-state index in [2.05, 4.69) is 67.5 Å². The summed E-state index contributed by atoms with van der Waals surface area (Å²) in [5.74, 6) is 0. The summed E-state index contributed by atoms with van der Waals surface area (Å²) in [5, 5.41) is 3.39. The standard InChI is InChI=1S/C16H22N2S/c1-4-17-11-16-10-14(13(2)19-16)12-18(3)15-8-6-5-7-9-15/h5-10,17H,4,11-12H2,1-3H3. The first-order valence-corrected chi connectivity index (χ1v) is 7.57. The van der Waals surface area contributed by atoms with Gasteiger partial charge in [-0.05, 0) is 37.2 Å². The van der Waals surface area contributed by atoms with Crippen molar-refractivity contribution >= 4 is 17.0 Å². The Balaban J connectivity index is 2.04. The van der Waals surface area contributed by atoms with Crippen LogP contribution in [-0.2, 0) is 13.1 Å². The molecule has 0 aliphatic rings. The van der Waals surface area contributed by atoms with Gasteiger partial charge < -0.3 is 10.2 Å². The van der Waals surface area contributed by atoms with Crippen LogP contribution >= 0.6 is 11.3 Å². The van der Waals surface area contributed by atoms with Crippen molar-refractivity contribution in [1.29, 1.82) is 0 Å². The van der Waals surface area contributed by atoms with E-state index in [4.69, 9.17) is 0 Å². The molecule has 0 bridgehead atoms. The SMILES string of the molecule is CCNCc1cc(CN(C)c2ccccc2)c(C)s1. The van der Waals surface area contributed by atoms with E-state index in [1.165, 1.54) is 21.0 Å². The normalized spacial score (nSPS) is 10.7. The number of anilines is 1. The number of hydrogen-bond donors (Lipinski definition) is 1. The number of nitrogens with one attached hydrogen (secondary N) is 1.